The Morgan fingerprint density at radius 1 is 1.15 bits per heavy atom. The maximum Gasteiger partial charge on any atom is 0.278 e. The van der Waals surface area contributed by atoms with E-state index in [1.165, 1.54) is 42.1 Å². The molecule has 3 aromatic heterocycles. The molecule has 0 aliphatic heterocycles. The van der Waals surface area contributed by atoms with Crippen molar-refractivity contribution in [1.29, 1.82) is 0 Å². The molecule has 202 valence electrons. The number of aromatic nitrogens is 5. The molecule has 3 heterocycles. The molecule has 1 fully saturated rings. The molecule has 0 spiro atoms. The first kappa shape index (κ1) is 26.6. The van der Waals surface area contributed by atoms with Crippen LogP contribution in [0.2, 0.25) is 0 Å². The van der Waals surface area contributed by atoms with Crippen LogP contribution in [0.4, 0.5) is 11.6 Å². The molecule has 0 amide bonds. The summed E-state index contributed by atoms with van der Waals surface area (Å²) in [6.45, 7) is 9.38. The highest BCUT2D eigenvalue weighted by Gasteiger charge is 2.27. The second-order valence-corrected chi connectivity index (χ2v) is 10.8. The fourth-order valence-electron chi connectivity index (χ4n) is 5.34. The Labute approximate surface area is 228 Å². The van der Waals surface area contributed by atoms with E-state index < -0.39 is 5.60 Å². The summed E-state index contributed by atoms with van der Waals surface area (Å²) in [6, 6.07) is 14.4. The molecule has 1 atom stereocenters. The first-order valence-corrected chi connectivity index (χ1v) is 13.3. The lowest BCUT2D eigenvalue weighted by Crippen LogP contribution is -2.31. The topological polar surface area (TPSA) is 101 Å². The summed E-state index contributed by atoms with van der Waals surface area (Å²) in [5.74, 6) is 1.39. The molecule has 1 unspecified atom stereocenters. The van der Waals surface area contributed by atoms with E-state index in [4.69, 9.17) is 4.98 Å². The minimum atomic E-state index is -1.39. The Morgan fingerprint density at radius 3 is 2.51 bits per heavy atom. The van der Waals surface area contributed by atoms with Crippen LogP contribution in [0.1, 0.15) is 49.8 Å². The smallest absolute Gasteiger partial charge is 0.278 e. The van der Waals surface area contributed by atoms with Gasteiger partial charge >= 0.3 is 0 Å². The Hall–Kier alpha value is -3.95. The number of hydrogen-bond acceptors (Lipinski definition) is 7. The third-order valence-electron chi connectivity index (χ3n) is 7.55. The third kappa shape index (κ3) is 5.46. The van der Waals surface area contributed by atoms with Crippen molar-refractivity contribution in [2.75, 3.05) is 19.4 Å². The number of nitrogens with zero attached hydrogens (tertiary/aromatic N) is 6. The van der Waals surface area contributed by atoms with Crippen molar-refractivity contribution in [1.82, 2.24) is 29.2 Å². The van der Waals surface area contributed by atoms with E-state index in [0.29, 0.717) is 40.5 Å². The van der Waals surface area contributed by atoms with Gasteiger partial charge in [0.2, 0.25) is 11.5 Å². The van der Waals surface area contributed by atoms with Crippen molar-refractivity contribution in [2.24, 2.45) is 0 Å². The van der Waals surface area contributed by atoms with Gasteiger partial charge in [-0.3, -0.25) is 4.79 Å². The molecule has 1 aromatic carbocycles. The Bertz CT molecular complexity index is 1520. The fourth-order valence-corrected chi connectivity index (χ4v) is 5.34. The summed E-state index contributed by atoms with van der Waals surface area (Å²) in [6.07, 6.45) is 8.02. The summed E-state index contributed by atoms with van der Waals surface area (Å²) in [7, 11) is 4.33. The predicted molar refractivity (Wildman–Crippen MR) is 154 cm³/mol. The molecule has 1 saturated carbocycles. The summed E-state index contributed by atoms with van der Waals surface area (Å²) in [5.41, 5.74) is 1.37. The molecule has 0 radical (unpaired) electrons. The van der Waals surface area contributed by atoms with Crippen molar-refractivity contribution < 1.29 is 5.11 Å². The number of nitrogens with one attached hydrogen (secondary N) is 1. The van der Waals surface area contributed by atoms with E-state index in [1.54, 1.807) is 35.9 Å². The Morgan fingerprint density at radius 2 is 1.87 bits per heavy atom. The van der Waals surface area contributed by atoms with Crippen LogP contribution in [0.25, 0.3) is 16.9 Å². The zero-order valence-corrected chi connectivity index (χ0v) is 22.8. The molecular weight excluding hydrogens is 490 g/mol. The van der Waals surface area contributed by atoms with Gasteiger partial charge in [-0.2, -0.15) is 4.98 Å². The van der Waals surface area contributed by atoms with Gasteiger partial charge in [0.25, 0.3) is 5.56 Å². The number of allylic oxidation sites excluding steroid dienone is 1. The number of anilines is 2. The van der Waals surface area contributed by atoms with Gasteiger partial charge in [-0.15, -0.1) is 6.58 Å². The van der Waals surface area contributed by atoms with Crippen LogP contribution in [0.3, 0.4) is 0 Å². The molecular formula is C30H36N7O2+. The van der Waals surface area contributed by atoms with Crippen LogP contribution in [0.5, 0.6) is 0 Å². The number of rotatable bonds is 8. The molecule has 2 N–H and O–H groups in total. The molecule has 0 bridgehead atoms. The number of hydrogen-bond donors (Lipinski definition) is 2. The van der Waals surface area contributed by atoms with Crippen molar-refractivity contribution >= 4 is 22.7 Å². The first-order valence-electron chi connectivity index (χ1n) is 13.3. The van der Waals surface area contributed by atoms with Gasteiger partial charge in [0, 0.05) is 24.8 Å². The highest BCUT2D eigenvalue weighted by molar-refractivity contribution is 5.77. The van der Waals surface area contributed by atoms with E-state index in [0.717, 1.165) is 5.69 Å². The monoisotopic (exact) mass is 526 g/mol. The average Bonchev–Trinajstić information content (AvgIpc) is 3.19. The number of pyridine rings is 1. The van der Waals surface area contributed by atoms with Crippen LogP contribution in [0, 0.1) is 6.92 Å². The van der Waals surface area contributed by atoms with Gasteiger partial charge in [-0.25, -0.2) is 19.3 Å². The zero-order chi connectivity index (χ0) is 27.7. The van der Waals surface area contributed by atoms with Crippen LogP contribution in [-0.4, -0.2) is 54.5 Å². The Balaban J connectivity index is 1.44. The summed E-state index contributed by atoms with van der Waals surface area (Å²) >= 11 is 0. The second kappa shape index (κ2) is 10.7. The summed E-state index contributed by atoms with van der Waals surface area (Å²) in [4.78, 5) is 29.2. The predicted octanol–water partition coefficient (Wildman–Crippen LogP) is 4.54. The fraction of sp³-hybridized carbons (Fsp3) is 0.367. The van der Waals surface area contributed by atoms with Gasteiger partial charge in [0.15, 0.2) is 11.5 Å². The van der Waals surface area contributed by atoms with Gasteiger partial charge in [-0.05, 0) is 75.5 Å². The Kier molecular flexibility index (Phi) is 7.29. The number of aliphatic hydroxyl groups is 1. The van der Waals surface area contributed by atoms with Crippen molar-refractivity contribution in [2.45, 2.75) is 56.7 Å². The molecule has 5 rings (SSSR count). The van der Waals surface area contributed by atoms with Gasteiger partial charge in [0.1, 0.15) is 18.0 Å². The molecule has 0 saturated heterocycles. The lowest BCUT2D eigenvalue weighted by Gasteiger charge is -2.32. The molecule has 1 aliphatic rings. The lowest BCUT2D eigenvalue weighted by molar-refractivity contribution is 0.103. The quantitative estimate of drug-likeness (QED) is 0.257. The first-order chi connectivity index (χ1) is 18.7. The standard InChI is InChI=1S/C30H35N7O2/c1-6-18-36-28(38)24-19-31-29(34-27(24)37(36)26-9-7-8-25(33-26)30(2,3)39)32-22-14-10-20(11-15-22)21-12-16-23(17-13-21)35(4)5/h6-11,14-15,19,21,23,39H,1-2,12-13,16-18H2,3-5H3/p+1. The number of fused-ring (bicyclic) bond motifs is 1. The molecule has 9 heteroatoms. The minimum absolute atomic E-state index is 0.252. The van der Waals surface area contributed by atoms with Crippen molar-refractivity contribution in [3.05, 3.63) is 89.9 Å². The molecule has 9 nitrogen and oxygen atoms in total. The highest BCUT2D eigenvalue weighted by Crippen LogP contribution is 2.34. The van der Waals surface area contributed by atoms with Crippen molar-refractivity contribution in [3.8, 4) is 5.82 Å². The minimum Gasteiger partial charge on any atom is -0.346 e. The SMILES string of the molecule is C=CCn1c(=O)c2cnc(Nc3ccc(C4CCC(N(C)C)CC4)cc3)nc2n1-c1cccc(C([CH2+])(C)O)n1. The van der Waals surface area contributed by atoms with Gasteiger partial charge in [-0.1, -0.05) is 24.3 Å². The van der Waals surface area contributed by atoms with E-state index in [2.05, 4.69) is 72.0 Å². The van der Waals surface area contributed by atoms with E-state index in [9.17, 15) is 9.90 Å². The van der Waals surface area contributed by atoms with E-state index in [-0.39, 0.29) is 12.1 Å². The normalized spacial score (nSPS) is 19.2. The number of benzene rings is 1. The molecule has 1 aliphatic carbocycles. The van der Waals surface area contributed by atoms with Gasteiger partial charge < -0.3 is 15.3 Å². The zero-order valence-electron chi connectivity index (χ0n) is 22.8. The van der Waals surface area contributed by atoms with Crippen LogP contribution in [0.15, 0.2) is 66.1 Å². The summed E-state index contributed by atoms with van der Waals surface area (Å²) in [5, 5.41) is 14.0. The largest absolute Gasteiger partial charge is 0.346 e. The summed E-state index contributed by atoms with van der Waals surface area (Å²) < 4.78 is 3.13. The van der Waals surface area contributed by atoms with Crippen LogP contribution < -0.4 is 10.9 Å². The molecule has 4 aromatic rings. The maximum absolute atomic E-state index is 13.2. The van der Waals surface area contributed by atoms with Crippen LogP contribution in [-0.2, 0) is 12.1 Å². The lowest BCUT2D eigenvalue weighted by atomic mass is 9.81. The molecule has 39 heavy (non-hydrogen) atoms. The van der Waals surface area contributed by atoms with E-state index >= 15 is 0 Å². The third-order valence-corrected chi connectivity index (χ3v) is 7.55. The van der Waals surface area contributed by atoms with Gasteiger partial charge in [0.05, 0.1) is 6.54 Å². The average molecular weight is 527 g/mol. The second-order valence-electron chi connectivity index (χ2n) is 10.8. The van der Waals surface area contributed by atoms with Crippen LogP contribution >= 0.6 is 0 Å². The maximum atomic E-state index is 13.2. The van der Waals surface area contributed by atoms with E-state index in [1.807, 2.05) is 0 Å². The highest BCUT2D eigenvalue weighted by atomic mass is 16.3. The van der Waals surface area contributed by atoms with Crippen molar-refractivity contribution in [3.63, 3.8) is 0 Å².